The number of hydrogen-bond acceptors (Lipinski definition) is 5. The molecule has 0 atom stereocenters. The number of hydrogen-bond donors (Lipinski definition) is 0. The fourth-order valence-corrected chi connectivity index (χ4v) is 2.36. The lowest BCUT2D eigenvalue weighted by atomic mass is 10.0. The first kappa shape index (κ1) is 13.9. The summed E-state index contributed by atoms with van der Waals surface area (Å²) in [6.45, 7) is 4.40. The van der Waals surface area contributed by atoms with Crippen LogP contribution in [0.5, 0.6) is 11.5 Å². The van der Waals surface area contributed by atoms with Crippen molar-refractivity contribution in [2.75, 3.05) is 19.8 Å². The average Bonchev–Trinajstić information content (AvgIpc) is 2.42. The van der Waals surface area contributed by atoms with Crippen LogP contribution in [0.1, 0.15) is 22.8 Å². The summed E-state index contributed by atoms with van der Waals surface area (Å²) in [7, 11) is 0. The van der Waals surface area contributed by atoms with Crippen molar-refractivity contribution < 1.29 is 23.8 Å². The van der Waals surface area contributed by atoms with Crippen LogP contribution >= 0.6 is 15.9 Å². The Bertz CT molecular complexity index is 538. The molecule has 0 spiro atoms. The van der Waals surface area contributed by atoms with Crippen LogP contribution in [-0.4, -0.2) is 31.6 Å². The molecule has 0 saturated carbocycles. The van der Waals surface area contributed by atoms with Crippen LogP contribution in [0.4, 0.5) is 0 Å². The predicted octanol–water partition coefficient (Wildman–Crippen LogP) is 2.27. The molecule has 2 rings (SSSR count). The minimum Gasteiger partial charge on any atom is -0.486 e. The smallest absolute Gasteiger partial charge is 0.379 e. The van der Waals surface area contributed by atoms with Crippen LogP contribution in [0.25, 0.3) is 0 Å². The Labute approximate surface area is 119 Å². The number of carbonyl (C=O) groups is 2. The first-order valence-corrected chi connectivity index (χ1v) is 6.65. The highest BCUT2D eigenvalue weighted by atomic mass is 79.9. The summed E-state index contributed by atoms with van der Waals surface area (Å²) in [5.41, 5.74) is 0.838. The maximum atomic E-state index is 12.0. The molecule has 102 valence electrons. The van der Waals surface area contributed by atoms with Gasteiger partial charge in [-0.25, -0.2) is 4.79 Å². The Kier molecular flexibility index (Phi) is 4.09. The van der Waals surface area contributed by atoms with Gasteiger partial charge in [0.1, 0.15) is 13.2 Å². The first-order chi connectivity index (χ1) is 9.06. The van der Waals surface area contributed by atoms with Crippen molar-refractivity contribution in [1.29, 1.82) is 0 Å². The zero-order valence-electron chi connectivity index (χ0n) is 10.6. The van der Waals surface area contributed by atoms with Crippen molar-refractivity contribution in [1.82, 2.24) is 0 Å². The molecule has 0 saturated heterocycles. The van der Waals surface area contributed by atoms with E-state index in [0.717, 1.165) is 0 Å². The van der Waals surface area contributed by atoms with E-state index in [1.165, 1.54) is 0 Å². The molecule has 5 nitrogen and oxygen atoms in total. The van der Waals surface area contributed by atoms with Gasteiger partial charge in [-0.15, -0.1) is 0 Å². The highest BCUT2D eigenvalue weighted by molar-refractivity contribution is 9.10. The lowest BCUT2D eigenvalue weighted by Gasteiger charge is -2.22. The fraction of sp³-hybridized carbons (Fsp3) is 0.385. The van der Waals surface area contributed by atoms with Gasteiger partial charge in [-0.2, -0.15) is 0 Å². The zero-order chi connectivity index (χ0) is 14.0. The quantitative estimate of drug-likeness (QED) is 0.484. The van der Waals surface area contributed by atoms with Gasteiger partial charge in [0.2, 0.25) is 0 Å². The normalized spacial score (nSPS) is 13.0. The topological polar surface area (TPSA) is 61.8 Å². The number of carbonyl (C=O) groups excluding carboxylic acids is 2. The van der Waals surface area contributed by atoms with Crippen molar-refractivity contribution >= 4 is 27.7 Å². The first-order valence-electron chi connectivity index (χ1n) is 5.86. The van der Waals surface area contributed by atoms with E-state index in [-0.39, 0.29) is 12.2 Å². The standard InChI is InChI=1S/C13H13BrO5/c1-3-17-13(16)10(15)8-6-9(14)12-11(7(8)2)18-4-5-19-12/h6H,3-5H2,1-2H3. The molecule has 0 bridgehead atoms. The van der Waals surface area contributed by atoms with E-state index in [2.05, 4.69) is 15.9 Å². The molecule has 0 aliphatic carbocycles. The average molecular weight is 329 g/mol. The number of esters is 1. The van der Waals surface area contributed by atoms with Gasteiger partial charge in [0.05, 0.1) is 11.1 Å². The summed E-state index contributed by atoms with van der Waals surface area (Å²) in [6.07, 6.45) is 0. The summed E-state index contributed by atoms with van der Waals surface area (Å²) in [4.78, 5) is 23.5. The molecule has 1 aliphatic rings. The van der Waals surface area contributed by atoms with E-state index < -0.39 is 11.8 Å². The van der Waals surface area contributed by atoms with Gasteiger partial charge in [0.25, 0.3) is 5.78 Å². The van der Waals surface area contributed by atoms with Crippen LogP contribution in [0, 0.1) is 6.92 Å². The number of ether oxygens (including phenoxy) is 3. The summed E-state index contributed by atoms with van der Waals surface area (Å²) in [5.74, 6) is -0.497. The predicted molar refractivity (Wildman–Crippen MR) is 70.8 cm³/mol. The molecule has 0 fully saturated rings. The Morgan fingerprint density at radius 2 is 1.95 bits per heavy atom. The second-order valence-corrected chi connectivity index (χ2v) is 4.79. The van der Waals surface area contributed by atoms with Crippen LogP contribution in [0.15, 0.2) is 10.5 Å². The van der Waals surface area contributed by atoms with E-state index in [1.54, 1.807) is 19.9 Å². The number of benzene rings is 1. The van der Waals surface area contributed by atoms with E-state index in [9.17, 15) is 9.59 Å². The highest BCUT2D eigenvalue weighted by Crippen LogP contribution is 2.41. The van der Waals surface area contributed by atoms with Gasteiger partial charge >= 0.3 is 5.97 Å². The van der Waals surface area contributed by atoms with Gasteiger partial charge < -0.3 is 14.2 Å². The highest BCUT2D eigenvalue weighted by Gasteiger charge is 2.27. The van der Waals surface area contributed by atoms with E-state index in [0.29, 0.717) is 34.7 Å². The maximum Gasteiger partial charge on any atom is 0.379 e. The zero-order valence-corrected chi connectivity index (χ0v) is 12.2. The molecular weight excluding hydrogens is 316 g/mol. The minimum absolute atomic E-state index is 0.162. The summed E-state index contributed by atoms with van der Waals surface area (Å²) >= 11 is 3.31. The van der Waals surface area contributed by atoms with Gasteiger partial charge in [-0.1, -0.05) is 0 Å². The second kappa shape index (κ2) is 5.61. The van der Waals surface area contributed by atoms with Crippen molar-refractivity contribution in [3.05, 3.63) is 21.7 Å². The third kappa shape index (κ3) is 2.58. The van der Waals surface area contributed by atoms with E-state index >= 15 is 0 Å². The summed E-state index contributed by atoms with van der Waals surface area (Å²) in [6, 6.07) is 1.56. The Hall–Kier alpha value is -1.56. The monoisotopic (exact) mass is 328 g/mol. The van der Waals surface area contributed by atoms with Gasteiger partial charge in [0.15, 0.2) is 11.5 Å². The van der Waals surface area contributed by atoms with Crippen molar-refractivity contribution in [3.63, 3.8) is 0 Å². The molecule has 0 N–H and O–H groups in total. The van der Waals surface area contributed by atoms with Gasteiger partial charge in [-0.3, -0.25) is 4.79 Å². The summed E-state index contributed by atoms with van der Waals surface area (Å²) < 4.78 is 16.3. The number of halogens is 1. The minimum atomic E-state index is -0.867. The van der Waals surface area contributed by atoms with Crippen molar-refractivity contribution in [2.24, 2.45) is 0 Å². The molecule has 1 heterocycles. The molecule has 19 heavy (non-hydrogen) atoms. The molecule has 0 unspecified atom stereocenters. The third-order valence-electron chi connectivity index (χ3n) is 2.72. The molecule has 0 amide bonds. The Morgan fingerprint density at radius 3 is 2.58 bits per heavy atom. The molecule has 1 aliphatic heterocycles. The fourth-order valence-electron chi connectivity index (χ4n) is 1.84. The van der Waals surface area contributed by atoms with E-state index in [1.807, 2.05) is 0 Å². The Balaban J connectivity index is 2.45. The maximum absolute atomic E-state index is 12.0. The Morgan fingerprint density at radius 1 is 1.32 bits per heavy atom. The molecule has 1 aromatic carbocycles. The van der Waals surface area contributed by atoms with Crippen LogP contribution < -0.4 is 9.47 Å². The van der Waals surface area contributed by atoms with Gasteiger partial charge in [-0.05, 0) is 35.8 Å². The van der Waals surface area contributed by atoms with Crippen molar-refractivity contribution in [3.8, 4) is 11.5 Å². The van der Waals surface area contributed by atoms with Crippen LogP contribution in [0.2, 0.25) is 0 Å². The SMILES string of the molecule is CCOC(=O)C(=O)c1cc(Br)c2c(c1C)OCCO2. The number of fused-ring (bicyclic) bond motifs is 1. The van der Waals surface area contributed by atoms with Gasteiger partial charge in [0, 0.05) is 11.1 Å². The third-order valence-corrected chi connectivity index (χ3v) is 3.31. The second-order valence-electron chi connectivity index (χ2n) is 3.94. The lowest BCUT2D eigenvalue weighted by Crippen LogP contribution is -2.21. The number of rotatable bonds is 3. The molecule has 1 aromatic rings. The molecular formula is C13H13BrO5. The number of Topliss-reactive ketones (excluding diaryl/α,β-unsaturated/α-hetero) is 1. The van der Waals surface area contributed by atoms with Crippen molar-refractivity contribution in [2.45, 2.75) is 13.8 Å². The summed E-state index contributed by atoms with van der Waals surface area (Å²) in [5, 5.41) is 0. The van der Waals surface area contributed by atoms with E-state index in [4.69, 9.17) is 14.2 Å². The van der Waals surface area contributed by atoms with Crippen LogP contribution in [-0.2, 0) is 9.53 Å². The van der Waals surface area contributed by atoms with Crippen LogP contribution in [0.3, 0.4) is 0 Å². The number of ketones is 1. The largest absolute Gasteiger partial charge is 0.486 e. The molecule has 0 radical (unpaired) electrons. The molecule has 6 heteroatoms. The lowest BCUT2D eigenvalue weighted by molar-refractivity contribution is -0.137. The molecule has 0 aromatic heterocycles.